The molecule has 1 aliphatic heterocycles. The van der Waals surface area contributed by atoms with E-state index >= 15 is 0 Å². The van der Waals surface area contributed by atoms with E-state index in [1.54, 1.807) is 0 Å². The van der Waals surface area contributed by atoms with Crippen LogP contribution in [0.2, 0.25) is 0 Å². The van der Waals surface area contributed by atoms with Crippen molar-refractivity contribution in [2.75, 3.05) is 0 Å². The lowest BCUT2D eigenvalue weighted by Gasteiger charge is -2.28. The number of nitrogens with zero attached hydrogens (tertiary/aromatic N) is 2. The first-order valence-electron chi connectivity index (χ1n) is 6.81. The van der Waals surface area contributed by atoms with E-state index in [-0.39, 0.29) is 6.04 Å². The van der Waals surface area contributed by atoms with E-state index < -0.39 is 24.2 Å². The molecule has 0 saturated carbocycles. The quantitative estimate of drug-likeness (QED) is 0.770. The molecule has 22 heavy (non-hydrogen) atoms. The number of hydrogen-bond donors (Lipinski definition) is 2. The Morgan fingerprint density at radius 1 is 1.27 bits per heavy atom. The molecule has 1 heterocycles. The highest BCUT2D eigenvalue weighted by molar-refractivity contribution is 5.74. The Balaban J connectivity index is 0.000000534. The number of halogens is 3. The third-order valence-electron chi connectivity index (χ3n) is 3.66. The molecular formula is C13H19F3N2O4. The van der Waals surface area contributed by atoms with Gasteiger partial charge in [0.15, 0.2) is 6.19 Å². The van der Waals surface area contributed by atoms with Gasteiger partial charge in [-0.3, -0.25) is 4.90 Å². The molecule has 2 atom stereocenters. The minimum atomic E-state index is -5.08. The zero-order valence-corrected chi connectivity index (χ0v) is 12.3. The van der Waals surface area contributed by atoms with Gasteiger partial charge in [0.05, 0.1) is 0 Å². The summed E-state index contributed by atoms with van der Waals surface area (Å²) in [6, 6.07) is -0.466. The Kier molecular flexibility index (Phi) is 7.70. The molecule has 9 heteroatoms. The van der Waals surface area contributed by atoms with Gasteiger partial charge in [0.1, 0.15) is 6.04 Å². The molecular weight excluding hydrogens is 305 g/mol. The molecule has 0 bridgehead atoms. The van der Waals surface area contributed by atoms with E-state index in [9.17, 15) is 18.0 Å². The number of carboxylic acids is 2. The number of rotatable bonds is 4. The number of alkyl halides is 3. The normalized spacial score (nSPS) is 21.0. The third kappa shape index (κ3) is 5.42. The fourth-order valence-electron chi connectivity index (χ4n) is 2.52. The van der Waals surface area contributed by atoms with Crippen molar-refractivity contribution in [3.63, 3.8) is 0 Å². The number of hydrogen-bond acceptors (Lipinski definition) is 4. The Morgan fingerprint density at radius 3 is 2.00 bits per heavy atom. The summed E-state index contributed by atoms with van der Waals surface area (Å²) >= 11 is 0. The highest BCUT2D eigenvalue weighted by Gasteiger charge is 2.40. The highest BCUT2D eigenvalue weighted by Crippen LogP contribution is 2.31. The number of nitriles is 1. The van der Waals surface area contributed by atoms with Crippen LogP contribution in [0.3, 0.4) is 0 Å². The zero-order valence-electron chi connectivity index (χ0n) is 12.3. The van der Waals surface area contributed by atoms with Gasteiger partial charge in [0.2, 0.25) is 0 Å². The predicted octanol–water partition coefficient (Wildman–Crippen LogP) is 2.45. The Labute approximate surface area is 126 Å². The second-order valence-electron chi connectivity index (χ2n) is 4.89. The van der Waals surface area contributed by atoms with Crippen molar-refractivity contribution in [3.8, 4) is 6.19 Å². The van der Waals surface area contributed by atoms with Crippen LogP contribution < -0.4 is 0 Å². The second-order valence-corrected chi connectivity index (χ2v) is 4.89. The van der Waals surface area contributed by atoms with Gasteiger partial charge in [-0.2, -0.15) is 18.4 Å². The molecule has 1 rings (SSSR count). The predicted molar refractivity (Wildman–Crippen MR) is 69.7 cm³/mol. The second kappa shape index (κ2) is 8.46. The van der Waals surface area contributed by atoms with E-state index in [0.29, 0.717) is 12.3 Å². The lowest BCUT2D eigenvalue weighted by Crippen LogP contribution is -2.40. The average Bonchev–Trinajstić information content (AvgIpc) is 2.83. The summed E-state index contributed by atoms with van der Waals surface area (Å²) in [5, 5.41) is 25.1. The SMILES string of the molecule is CCC(CC)C1CCC(C(=O)O)N1C#N.O=C(O)C(F)(F)F. The summed E-state index contributed by atoms with van der Waals surface area (Å²) < 4.78 is 31.7. The highest BCUT2D eigenvalue weighted by atomic mass is 19.4. The summed E-state index contributed by atoms with van der Waals surface area (Å²) in [6.45, 7) is 4.19. The van der Waals surface area contributed by atoms with Crippen LogP contribution in [-0.2, 0) is 9.59 Å². The van der Waals surface area contributed by atoms with Gasteiger partial charge in [0.25, 0.3) is 0 Å². The Hall–Kier alpha value is -1.98. The molecule has 2 N–H and O–H groups in total. The maximum atomic E-state index is 10.9. The maximum absolute atomic E-state index is 10.9. The van der Waals surface area contributed by atoms with Gasteiger partial charge in [-0.05, 0) is 18.8 Å². The molecule has 1 fully saturated rings. The third-order valence-corrected chi connectivity index (χ3v) is 3.66. The maximum Gasteiger partial charge on any atom is 0.490 e. The first-order chi connectivity index (χ1) is 10.1. The molecule has 0 aromatic heterocycles. The summed E-state index contributed by atoms with van der Waals surface area (Å²) in [4.78, 5) is 21.3. The molecule has 1 aliphatic rings. The van der Waals surface area contributed by atoms with Gasteiger partial charge in [-0.1, -0.05) is 26.7 Å². The van der Waals surface area contributed by atoms with Crippen LogP contribution in [0.15, 0.2) is 0 Å². The summed E-state index contributed by atoms with van der Waals surface area (Å²) in [6.07, 6.45) is 0.406. The Bertz CT molecular complexity index is 430. The monoisotopic (exact) mass is 324 g/mol. The van der Waals surface area contributed by atoms with E-state index in [4.69, 9.17) is 20.3 Å². The van der Waals surface area contributed by atoms with Crippen LogP contribution in [-0.4, -0.2) is 45.3 Å². The van der Waals surface area contributed by atoms with Crippen LogP contribution in [0.4, 0.5) is 13.2 Å². The molecule has 0 aromatic carbocycles. The van der Waals surface area contributed by atoms with Crippen molar-refractivity contribution in [2.24, 2.45) is 5.92 Å². The topological polar surface area (TPSA) is 102 Å². The fourth-order valence-corrected chi connectivity index (χ4v) is 2.52. The van der Waals surface area contributed by atoms with E-state index in [0.717, 1.165) is 19.3 Å². The first kappa shape index (κ1) is 20.0. The van der Waals surface area contributed by atoms with Crippen LogP contribution in [0, 0.1) is 17.4 Å². The van der Waals surface area contributed by atoms with Gasteiger partial charge < -0.3 is 10.2 Å². The van der Waals surface area contributed by atoms with Gasteiger partial charge in [0, 0.05) is 6.04 Å². The van der Waals surface area contributed by atoms with Gasteiger partial charge in [-0.15, -0.1) is 0 Å². The summed E-state index contributed by atoms with van der Waals surface area (Å²) in [5.41, 5.74) is 0. The zero-order chi connectivity index (χ0) is 17.5. The van der Waals surface area contributed by atoms with Crippen molar-refractivity contribution < 1.29 is 33.0 Å². The number of carbonyl (C=O) groups is 2. The summed E-state index contributed by atoms with van der Waals surface area (Å²) in [7, 11) is 0. The van der Waals surface area contributed by atoms with E-state index in [1.165, 1.54) is 4.90 Å². The minimum absolute atomic E-state index is 0.131. The van der Waals surface area contributed by atoms with Gasteiger partial charge in [-0.25, -0.2) is 9.59 Å². The van der Waals surface area contributed by atoms with E-state index in [1.807, 2.05) is 6.19 Å². The molecule has 1 saturated heterocycles. The number of likely N-dealkylation sites (tertiary alicyclic amines) is 1. The molecule has 6 nitrogen and oxygen atoms in total. The molecule has 0 spiro atoms. The van der Waals surface area contributed by atoms with E-state index in [2.05, 4.69) is 13.8 Å². The van der Waals surface area contributed by atoms with Crippen LogP contribution >= 0.6 is 0 Å². The van der Waals surface area contributed by atoms with Crippen molar-refractivity contribution in [1.82, 2.24) is 4.90 Å². The molecule has 126 valence electrons. The minimum Gasteiger partial charge on any atom is -0.480 e. The van der Waals surface area contributed by atoms with Crippen molar-refractivity contribution in [1.29, 1.82) is 5.26 Å². The number of aliphatic carboxylic acids is 2. The largest absolute Gasteiger partial charge is 0.490 e. The fraction of sp³-hybridized carbons (Fsp3) is 0.769. The molecule has 0 aromatic rings. The molecule has 0 amide bonds. The van der Waals surface area contributed by atoms with Crippen LogP contribution in [0.5, 0.6) is 0 Å². The molecule has 0 aliphatic carbocycles. The Morgan fingerprint density at radius 2 is 1.73 bits per heavy atom. The lowest BCUT2D eigenvalue weighted by molar-refractivity contribution is -0.192. The van der Waals surface area contributed by atoms with Crippen molar-refractivity contribution >= 4 is 11.9 Å². The first-order valence-corrected chi connectivity index (χ1v) is 6.81. The standard InChI is InChI=1S/C11H18N2O2.C2HF3O2/c1-3-8(4-2)9-5-6-10(11(14)15)13(9)7-12;3-2(4,5)1(6)7/h8-10H,3-6H2,1-2H3,(H,14,15);(H,6,7). The number of carboxylic acid groups (broad SMARTS) is 2. The van der Waals surface area contributed by atoms with Crippen LogP contribution in [0.25, 0.3) is 0 Å². The molecule has 2 unspecified atom stereocenters. The van der Waals surface area contributed by atoms with Crippen molar-refractivity contribution in [3.05, 3.63) is 0 Å². The average molecular weight is 324 g/mol. The van der Waals surface area contributed by atoms with Crippen molar-refractivity contribution in [2.45, 2.75) is 57.8 Å². The van der Waals surface area contributed by atoms with Crippen LogP contribution in [0.1, 0.15) is 39.5 Å². The smallest absolute Gasteiger partial charge is 0.480 e. The molecule has 0 radical (unpaired) electrons. The summed E-state index contributed by atoms with van der Waals surface area (Å²) in [5.74, 6) is -3.19. The lowest BCUT2D eigenvalue weighted by atomic mass is 9.92. The van der Waals surface area contributed by atoms with Gasteiger partial charge >= 0.3 is 18.1 Å².